The Labute approximate surface area is 130 Å². The average molecular weight is 298 g/mol. The Morgan fingerprint density at radius 1 is 0.905 bits per heavy atom. The van der Waals surface area contributed by atoms with Gasteiger partial charge in [-0.15, -0.1) is 0 Å². The topological polar surface area (TPSA) is 57.5 Å². The molecular weight excluding hydrogens is 264 g/mol. The summed E-state index contributed by atoms with van der Waals surface area (Å²) in [5.74, 6) is -0.691. The van der Waals surface area contributed by atoms with Crippen molar-refractivity contribution in [3.8, 4) is 0 Å². The van der Waals surface area contributed by atoms with E-state index in [2.05, 4.69) is 19.1 Å². The minimum absolute atomic E-state index is 0.132. The largest absolute Gasteiger partial charge is 0.481 e. The summed E-state index contributed by atoms with van der Waals surface area (Å²) in [4.78, 5) is 10.3. The van der Waals surface area contributed by atoms with E-state index in [1.54, 1.807) is 0 Å². The lowest BCUT2D eigenvalue weighted by atomic mass is 10.0. The maximum atomic E-state index is 10.3. The Hall–Kier alpha value is -0.830. The maximum absolute atomic E-state index is 10.3. The van der Waals surface area contributed by atoms with E-state index in [-0.39, 0.29) is 6.10 Å². The van der Waals surface area contributed by atoms with Crippen molar-refractivity contribution in [2.45, 2.75) is 96.5 Å². The van der Waals surface area contributed by atoms with Crippen LogP contribution in [0.1, 0.15) is 90.4 Å². The minimum Gasteiger partial charge on any atom is -0.481 e. The molecule has 1 unspecified atom stereocenters. The molecule has 0 saturated carbocycles. The molecule has 3 nitrogen and oxygen atoms in total. The second kappa shape index (κ2) is 15.6. The van der Waals surface area contributed by atoms with Gasteiger partial charge in [-0.1, -0.05) is 57.6 Å². The molecule has 3 heteroatoms. The van der Waals surface area contributed by atoms with Crippen molar-refractivity contribution in [3.05, 3.63) is 12.2 Å². The summed E-state index contributed by atoms with van der Waals surface area (Å²) in [6.07, 6.45) is 17.3. The van der Waals surface area contributed by atoms with Gasteiger partial charge in [0.1, 0.15) is 0 Å². The Bertz CT molecular complexity index is 261. The molecule has 0 aromatic rings. The monoisotopic (exact) mass is 298 g/mol. The van der Waals surface area contributed by atoms with E-state index in [1.807, 2.05) is 0 Å². The number of unbranched alkanes of at least 4 members (excludes halogenated alkanes) is 7. The van der Waals surface area contributed by atoms with Crippen LogP contribution in [0.3, 0.4) is 0 Å². The lowest BCUT2D eigenvalue weighted by Crippen LogP contribution is -2.05. The van der Waals surface area contributed by atoms with Crippen LogP contribution in [0.15, 0.2) is 12.2 Å². The van der Waals surface area contributed by atoms with Gasteiger partial charge < -0.3 is 10.2 Å². The van der Waals surface area contributed by atoms with E-state index in [9.17, 15) is 9.90 Å². The SMILES string of the molecule is CC/C=C\CCCCC(O)CCCCCCCCC(=O)O. The Morgan fingerprint density at radius 2 is 1.48 bits per heavy atom. The fourth-order valence-corrected chi connectivity index (χ4v) is 2.43. The second-order valence-corrected chi connectivity index (χ2v) is 5.87. The van der Waals surface area contributed by atoms with Gasteiger partial charge in [0, 0.05) is 6.42 Å². The quantitative estimate of drug-likeness (QED) is 0.327. The van der Waals surface area contributed by atoms with Crippen molar-refractivity contribution >= 4 is 5.97 Å². The van der Waals surface area contributed by atoms with Gasteiger partial charge in [0.2, 0.25) is 0 Å². The highest BCUT2D eigenvalue weighted by Crippen LogP contribution is 2.13. The van der Waals surface area contributed by atoms with E-state index in [0.717, 1.165) is 70.6 Å². The first kappa shape index (κ1) is 20.2. The highest BCUT2D eigenvalue weighted by atomic mass is 16.4. The number of carbonyl (C=O) groups is 1. The molecule has 124 valence electrons. The molecule has 0 aromatic heterocycles. The first-order valence-corrected chi connectivity index (χ1v) is 8.71. The van der Waals surface area contributed by atoms with Crippen LogP contribution < -0.4 is 0 Å². The van der Waals surface area contributed by atoms with E-state index in [0.29, 0.717) is 6.42 Å². The lowest BCUT2D eigenvalue weighted by Gasteiger charge is -2.09. The molecule has 0 amide bonds. The van der Waals surface area contributed by atoms with Crippen molar-refractivity contribution in [3.63, 3.8) is 0 Å². The number of carboxylic acids is 1. The fourth-order valence-electron chi connectivity index (χ4n) is 2.43. The van der Waals surface area contributed by atoms with Crippen LogP contribution in [0.2, 0.25) is 0 Å². The van der Waals surface area contributed by atoms with Gasteiger partial charge in [0.05, 0.1) is 6.10 Å². The summed E-state index contributed by atoms with van der Waals surface area (Å²) in [5.41, 5.74) is 0. The van der Waals surface area contributed by atoms with Crippen molar-refractivity contribution in [2.75, 3.05) is 0 Å². The predicted molar refractivity (Wildman–Crippen MR) is 88.5 cm³/mol. The van der Waals surface area contributed by atoms with E-state index >= 15 is 0 Å². The average Bonchev–Trinajstić information content (AvgIpc) is 2.45. The molecule has 21 heavy (non-hydrogen) atoms. The van der Waals surface area contributed by atoms with Gasteiger partial charge in [-0.2, -0.15) is 0 Å². The van der Waals surface area contributed by atoms with Crippen LogP contribution in [0.25, 0.3) is 0 Å². The van der Waals surface area contributed by atoms with Crippen LogP contribution in [-0.2, 0) is 4.79 Å². The molecule has 0 aromatic carbocycles. The van der Waals surface area contributed by atoms with Gasteiger partial charge in [-0.3, -0.25) is 4.79 Å². The van der Waals surface area contributed by atoms with Crippen molar-refractivity contribution in [2.24, 2.45) is 0 Å². The molecule has 0 saturated heterocycles. The highest BCUT2D eigenvalue weighted by Gasteiger charge is 2.03. The molecule has 0 radical (unpaired) electrons. The number of aliphatic hydroxyl groups excluding tert-OH is 1. The van der Waals surface area contributed by atoms with Crippen molar-refractivity contribution < 1.29 is 15.0 Å². The predicted octanol–water partition coefficient (Wildman–Crippen LogP) is 5.08. The zero-order valence-corrected chi connectivity index (χ0v) is 13.7. The molecule has 2 N–H and O–H groups in total. The molecule has 0 fully saturated rings. The van der Waals surface area contributed by atoms with E-state index < -0.39 is 5.97 Å². The number of hydrogen-bond acceptors (Lipinski definition) is 2. The molecule has 0 bridgehead atoms. The van der Waals surface area contributed by atoms with Crippen LogP contribution in [0.4, 0.5) is 0 Å². The van der Waals surface area contributed by atoms with Gasteiger partial charge in [0.15, 0.2) is 0 Å². The van der Waals surface area contributed by atoms with E-state index in [1.165, 1.54) is 6.42 Å². The third-order valence-corrected chi connectivity index (χ3v) is 3.74. The molecule has 0 rings (SSSR count). The van der Waals surface area contributed by atoms with Crippen LogP contribution in [-0.4, -0.2) is 22.3 Å². The molecule has 0 heterocycles. The molecule has 0 spiro atoms. The molecule has 0 aliphatic rings. The zero-order valence-electron chi connectivity index (χ0n) is 13.7. The third kappa shape index (κ3) is 17.1. The fraction of sp³-hybridized carbons (Fsp3) is 0.833. The first-order valence-electron chi connectivity index (χ1n) is 8.71. The smallest absolute Gasteiger partial charge is 0.303 e. The third-order valence-electron chi connectivity index (χ3n) is 3.74. The summed E-state index contributed by atoms with van der Waals surface area (Å²) in [6, 6.07) is 0. The minimum atomic E-state index is -0.691. The molecule has 0 aliphatic carbocycles. The zero-order chi connectivity index (χ0) is 15.8. The Balaban J connectivity index is 3.20. The second-order valence-electron chi connectivity index (χ2n) is 5.87. The number of allylic oxidation sites excluding steroid dienone is 2. The number of rotatable bonds is 15. The molecule has 1 atom stereocenters. The van der Waals surface area contributed by atoms with Crippen molar-refractivity contribution in [1.29, 1.82) is 0 Å². The lowest BCUT2D eigenvalue weighted by molar-refractivity contribution is -0.137. The number of aliphatic hydroxyl groups is 1. The molecule has 0 aliphatic heterocycles. The summed E-state index contributed by atoms with van der Waals surface area (Å²) < 4.78 is 0. The summed E-state index contributed by atoms with van der Waals surface area (Å²) in [6.45, 7) is 2.15. The number of aliphatic carboxylic acids is 1. The van der Waals surface area contributed by atoms with Crippen LogP contribution >= 0.6 is 0 Å². The molecular formula is C18H34O3. The van der Waals surface area contributed by atoms with Gasteiger partial charge >= 0.3 is 5.97 Å². The first-order chi connectivity index (χ1) is 10.2. The Morgan fingerprint density at radius 3 is 2.10 bits per heavy atom. The van der Waals surface area contributed by atoms with Gasteiger partial charge in [-0.25, -0.2) is 0 Å². The normalized spacial score (nSPS) is 12.9. The summed E-state index contributed by atoms with van der Waals surface area (Å²) in [5, 5.41) is 18.4. The van der Waals surface area contributed by atoms with Gasteiger partial charge in [-0.05, 0) is 38.5 Å². The number of carboxylic acid groups (broad SMARTS) is 1. The van der Waals surface area contributed by atoms with Gasteiger partial charge in [0.25, 0.3) is 0 Å². The Kier molecular flexibility index (Phi) is 14.9. The highest BCUT2D eigenvalue weighted by molar-refractivity contribution is 5.66. The van der Waals surface area contributed by atoms with Crippen LogP contribution in [0, 0.1) is 0 Å². The summed E-state index contributed by atoms with van der Waals surface area (Å²) >= 11 is 0. The standard InChI is InChI=1S/C18H34O3/c1-2-3-4-5-8-11-14-17(19)15-12-9-6-7-10-13-16-18(20)21/h3-4,17,19H,2,5-16H2,1H3,(H,20,21)/b4-3-. The van der Waals surface area contributed by atoms with Crippen molar-refractivity contribution in [1.82, 2.24) is 0 Å². The summed E-state index contributed by atoms with van der Waals surface area (Å²) in [7, 11) is 0. The van der Waals surface area contributed by atoms with Crippen LogP contribution in [0.5, 0.6) is 0 Å². The van der Waals surface area contributed by atoms with E-state index in [4.69, 9.17) is 5.11 Å². The maximum Gasteiger partial charge on any atom is 0.303 e. The number of hydrogen-bond donors (Lipinski definition) is 2.